The molecule has 0 amide bonds. The lowest BCUT2D eigenvalue weighted by Gasteiger charge is -2.44. The third-order valence-electron chi connectivity index (χ3n) is 3.96. The maximum absolute atomic E-state index is 6.45. The van der Waals surface area contributed by atoms with Crippen molar-refractivity contribution >= 4 is 0 Å². The smallest absolute Gasteiger partial charge is 0.0538 e. The van der Waals surface area contributed by atoms with Gasteiger partial charge in [-0.2, -0.15) is 5.10 Å². The van der Waals surface area contributed by atoms with Gasteiger partial charge in [-0.05, 0) is 26.4 Å². The number of hydrogen-bond donors (Lipinski definition) is 1. The molecule has 17 heavy (non-hydrogen) atoms. The van der Waals surface area contributed by atoms with E-state index in [4.69, 9.17) is 5.73 Å². The first-order valence-corrected chi connectivity index (χ1v) is 6.48. The van der Waals surface area contributed by atoms with Crippen LogP contribution >= 0.6 is 0 Å². The van der Waals surface area contributed by atoms with Gasteiger partial charge in [-0.3, -0.25) is 9.58 Å². The molecule has 2 N–H and O–H groups in total. The van der Waals surface area contributed by atoms with E-state index in [-0.39, 0.29) is 11.6 Å². The Kier molecular flexibility index (Phi) is 4.71. The van der Waals surface area contributed by atoms with Crippen LogP contribution in [0.2, 0.25) is 0 Å². The number of nitrogens with zero attached hydrogens (tertiary/aromatic N) is 3. The summed E-state index contributed by atoms with van der Waals surface area (Å²) in [4.78, 5) is 2.44. The summed E-state index contributed by atoms with van der Waals surface area (Å²) in [5.74, 6) is 0. The number of likely N-dealkylation sites (N-methyl/N-ethyl adjacent to an activating group) is 1. The number of aromatic nitrogens is 2. The van der Waals surface area contributed by atoms with Crippen LogP contribution in [0.4, 0.5) is 0 Å². The van der Waals surface area contributed by atoms with Crippen LogP contribution in [0.15, 0.2) is 12.4 Å². The molecule has 2 unspecified atom stereocenters. The molecule has 2 atom stereocenters. The SMILES string of the molecule is CCN(CC)C(C)(CC)C(N)c1cnn(C)c1. The van der Waals surface area contributed by atoms with Crippen LogP contribution < -0.4 is 5.73 Å². The first-order valence-electron chi connectivity index (χ1n) is 6.48. The summed E-state index contributed by atoms with van der Waals surface area (Å²) >= 11 is 0. The van der Waals surface area contributed by atoms with Crippen LogP contribution in [-0.2, 0) is 7.05 Å². The largest absolute Gasteiger partial charge is 0.322 e. The van der Waals surface area contributed by atoms with E-state index in [0.29, 0.717) is 0 Å². The summed E-state index contributed by atoms with van der Waals surface area (Å²) in [6.07, 6.45) is 4.93. The molecule has 0 aliphatic heterocycles. The molecule has 0 saturated carbocycles. The quantitative estimate of drug-likeness (QED) is 0.824. The highest BCUT2D eigenvalue weighted by Crippen LogP contribution is 2.31. The van der Waals surface area contributed by atoms with E-state index in [9.17, 15) is 0 Å². The molecule has 0 spiro atoms. The average Bonchev–Trinajstić information content (AvgIpc) is 2.76. The van der Waals surface area contributed by atoms with Crippen LogP contribution in [0.3, 0.4) is 0 Å². The Hall–Kier alpha value is -0.870. The Balaban J connectivity index is 2.99. The molecule has 1 aromatic heterocycles. The van der Waals surface area contributed by atoms with Gasteiger partial charge in [0.2, 0.25) is 0 Å². The van der Waals surface area contributed by atoms with Gasteiger partial charge in [0.15, 0.2) is 0 Å². The van der Waals surface area contributed by atoms with Crippen molar-refractivity contribution in [2.75, 3.05) is 13.1 Å². The van der Waals surface area contributed by atoms with E-state index in [1.54, 1.807) is 0 Å². The first-order chi connectivity index (χ1) is 7.99. The summed E-state index contributed by atoms with van der Waals surface area (Å²) in [5.41, 5.74) is 7.56. The van der Waals surface area contributed by atoms with E-state index >= 15 is 0 Å². The van der Waals surface area contributed by atoms with Gasteiger partial charge in [0.25, 0.3) is 0 Å². The lowest BCUT2D eigenvalue weighted by molar-refractivity contribution is 0.0844. The summed E-state index contributed by atoms with van der Waals surface area (Å²) in [6.45, 7) is 10.9. The van der Waals surface area contributed by atoms with Crippen molar-refractivity contribution in [2.24, 2.45) is 12.8 Å². The van der Waals surface area contributed by atoms with Crippen LogP contribution in [0.25, 0.3) is 0 Å². The number of hydrogen-bond acceptors (Lipinski definition) is 3. The zero-order valence-electron chi connectivity index (χ0n) is 11.8. The second kappa shape index (κ2) is 5.65. The zero-order valence-corrected chi connectivity index (χ0v) is 11.8. The molecule has 0 bridgehead atoms. The van der Waals surface area contributed by atoms with Crippen molar-refractivity contribution in [2.45, 2.75) is 45.7 Å². The third-order valence-corrected chi connectivity index (χ3v) is 3.96. The minimum Gasteiger partial charge on any atom is -0.322 e. The van der Waals surface area contributed by atoms with Gasteiger partial charge >= 0.3 is 0 Å². The molecule has 0 aliphatic rings. The number of rotatable bonds is 6. The molecular formula is C13H26N4. The van der Waals surface area contributed by atoms with Gasteiger partial charge in [0, 0.05) is 24.3 Å². The van der Waals surface area contributed by atoms with E-state index in [0.717, 1.165) is 25.1 Å². The van der Waals surface area contributed by atoms with Crippen molar-refractivity contribution in [1.82, 2.24) is 14.7 Å². The second-order valence-corrected chi connectivity index (χ2v) is 4.81. The fraction of sp³-hybridized carbons (Fsp3) is 0.769. The Labute approximate surface area is 105 Å². The highest BCUT2D eigenvalue weighted by atomic mass is 15.2. The molecule has 0 saturated heterocycles. The average molecular weight is 238 g/mol. The lowest BCUT2D eigenvalue weighted by atomic mass is 9.84. The minimum absolute atomic E-state index is 0.00102. The second-order valence-electron chi connectivity index (χ2n) is 4.81. The topological polar surface area (TPSA) is 47.1 Å². The normalized spacial score (nSPS) is 17.1. The fourth-order valence-electron chi connectivity index (χ4n) is 2.55. The standard InChI is InChI=1S/C13H26N4/c1-6-13(4,17(7-2)8-3)12(14)11-9-15-16(5)10-11/h9-10,12H,6-8,14H2,1-5H3. The molecule has 1 aromatic rings. The minimum atomic E-state index is -0.00741. The van der Waals surface area contributed by atoms with Gasteiger partial charge < -0.3 is 5.73 Å². The van der Waals surface area contributed by atoms with Gasteiger partial charge in [-0.25, -0.2) is 0 Å². The molecule has 1 heterocycles. The van der Waals surface area contributed by atoms with E-state index < -0.39 is 0 Å². The van der Waals surface area contributed by atoms with E-state index in [2.05, 4.69) is 37.7 Å². The Morgan fingerprint density at radius 1 is 1.41 bits per heavy atom. The molecule has 4 nitrogen and oxygen atoms in total. The first kappa shape index (κ1) is 14.2. The summed E-state index contributed by atoms with van der Waals surface area (Å²) < 4.78 is 1.81. The summed E-state index contributed by atoms with van der Waals surface area (Å²) in [5, 5.41) is 4.21. The predicted molar refractivity (Wildman–Crippen MR) is 71.8 cm³/mol. The van der Waals surface area contributed by atoms with Crippen LogP contribution in [-0.4, -0.2) is 33.3 Å². The Bertz CT molecular complexity index is 343. The van der Waals surface area contributed by atoms with Gasteiger partial charge in [-0.1, -0.05) is 20.8 Å². The lowest BCUT2D eigenvalue weighted by Crippen LogP contribution is -2.52. The zero-order chi connectivity index (χ0) is 13.1. The van der Waals surface area contributed by atoms with Crippen molar-refractivity contribution < 1.29 is 0 Å². The summed E-state index contributed by atoms with van der Waals surface area (Å²) in [6, 6.07) is 0.00102. The Morgan fingerprint density at radius 3 is 2.35 bits per heavy atom. The van der Waals surface area contributed by atoms with Crippen LogP contribution in [0.5, 0.6) is 0 Å². The van der Waals surface area contributed by atoms with Gasteiger partial charge in [0.1, 0.15) is 0 Å². The van der Waals surface area contributed by atoms with Crippen molar-refractivity contribution in [1.29, 1.82) is 0 Å². The number of aryl methyl sites for hydroxylation is 1. The molecule has 0 aliphatic carbocycles. The predicted octanol–water partition coefficient (Wildman–Crippen LogP) is 1.93. The molecule has 4 heteroatoms. The molecule has 1 rings (SSSR count). The van der Waals surface area contributed by atoms with Crippen molar-refractivity contribution in [3.8, 4) is 0 Å². The maximum atomic E-state index is 6.45. The van der Waals surface area contributed by atoms with E-state index in [1.807, 2.05) is 24.1 Å². The van der Waals surface area contributed by atoms with Gasteiger partial charge in [-0.15, -0.1) is 0 Å². The monoisotopic (exact) mass is 238 g/mol. The fourth-order valence-corrected chi connectivity index (χ4v) is 2.55. The molecule has 0 aromatic carbocycles. The number of nitrogens with two attached hydrogens (primary N) is 1. The molecule has 0 radical (unpaired) electrons. The van der Waals surface area contributed by atoms with Crippen molar-refractivity contribution in [3.63, 3.8) is 0 Å². The van der Waals surface area contributed by atoms with Crippen LogP contribution in [0, 0.1) is 0 Å². The summed E-state index contributed by atoms with van der Waals surface area (Å²) in [7, 11) is 1.93. The highest BCUT2D eigenvalue weighted by molar-refractivity contribution is 5.16. The van der Waals surface area contributed by atoms with Crippen LogP contribution in [0.1, 0.15) is 45.7 Å². The molecular weight excluding hydrogens is 212 g/mol. The van der Waals surface area contributed by atoms with E-state index in [1.165, 1.54) is 0 Å². The Morgan fingerprint density at radius 2 is 2.00 bits per heavy atom. The van der Waals surface area contributed by atoms with Crippen molar-refractivity contribution in [3.05, 3.63) is 18.0 Å². The molecule has 98 valence electrons. The third kappa shape index (κ3) is 2.69. The maximum Gasteiger partial charge on any atom is 0.0538 e. The van der Waals surface area contributed by atoms with Gasteiger partial charge in [0.05, 0.1) is 12.2 Å². The molecule has 0 fully saturated rings. The highest BCUT2D eigenvalue weighted by Gasteiger charge is 2.36.